The van der Waals surface area contributed by atoms with Crippen molar-refractivity contribution in [2.75, 3.05) is 56.9 Å². The number of anilines is 2. The molecule has 0 bridgehead atoms. The number of carbonyl (C=O) groups excluding carboxylic acids is 2. The van der Waals surface area contributed by atoms with Crippen LogP contribution in [-0.4, -0.2) is 99.1 Å². The Hall–Kier alpha value is -2.53. The van der Waals surface area contributed by atoms with Gasteiger partial charge in [0.05, 0.1) is 13.6 Å². The van der Waals surface area contributed by atoms with Gasteiger partial charge in [0.2, 0.25) is 6.17 Å². The number of carbonyl (C=O) groups is 2. The topological polar surface area (TPSA) is 104 Å². The lowest BCUT2D eigenvalue weighted by atomic mass is 10.3. The number of nitrogens with one attached hydrogen (secondary N) is 4. The summed E-state index contributed by atoms with van der Waals surface area (Å²) in [5.74, 6) is 0. The standard InChI is InChI=1S/C33H58N6O4Si3.3CH4/c1-9-34-22-24-38(33(41)36-30-20-14-11-15-21-30)23-16-26-44(3,4)42-46(7,8)43-45(5,6)27-17-25-39(2)28-31(39)37-32(40)35-29-18-12-10-13-19-29;;;/h10-15,18-21,31,34H,9,16-17,22-28H2,1-8H3,(H2-,35,36,37,40,41);3*1H4/p+1. The normalized spacial score (nSPS) is 17.0. The maximum atomic E-state index is 13.1. The van der Waals surface area contributed by atoms with Crippen LogP contribution in [0, 0.1) is 0 Å². The third-order valence-electron chi connectivity index (χ3n) is 8.36. The van der Waals surface area contributed by atoms with Crippen molar-refractivity contribution in [1.82, 2.24) is 15.5 Å². The zero-order chi connectivity index (χ0) is 33.8. The van der Waals surface area contributed by atoms with Crippen LogP contribution in [0.2, 0.25) is 51.4 Å². The molecule has 2 aromatic carbocycles. The molecule has 13 heteroatoms. The molecule has 2 atom stereocenters. The molecule has 1 aliphatic heterocycles. The predicted octanol–water partition coefficient (Wildman–Crippen LogP) is 8.57. The van der Waals surface area contributed by atoms with E-state index in [2.05, 4.69) is 74.5 Å². The zero-order valence-corrected chi connectivity index (χ0v) is 32.4. The van der Waals surface area contributed by atoms with Gasteiger partial charge in [-0.05, 0) is 95.0 Å². The van der Waals surface area contributed by atoms with Crippen LogP contribution in [-0.2, 0) is 8.23 Å². The summed E-state index contributed by atoms with van der Waals surface area (Å²) in [5.41, 5.74) is 1.61. The molecule has 4 N–H and O–H groups in total. The number of urea groups is 2. The Balaban J connectivity index is 0.00000768. The van der Waals surface area contributed by atoms with Crippen molar-refractivity contribution >= 4 is 48.6 Å². The zero-order valence-electron chi connectivity index (χ0n) is 29.4. The van der Waals surface area contributed by atoms with E-state index in [1.165, 1.54) is 0 Å². The minimum atomic E-state index is -2.35. The molecule has 10 nitrogen and oxygen atoms in total. The molecule has 0 radical (unpaired) electrons. The number of amides is 4. The number of likely N-dealkylation sites (N-methyl/N-ethyl adjacent to an activating group) is 2. The highest BCUT2D eigenvalue weighted by Crippen LogP contribution is 2.30. The van der Waals surface area contributed by atoms with Crippen molar-refractivity contribution in [1.29, 1.82) is 0 Å². The molecule has 1 heterocycles. The fraction of sp³-hybridized carbons (Fsp3) is 0.611. The molecule has 1 fully saturated rings. The molecular weight excluding hydrogens is 665 g/mol. The maximum Gasteiger partial charge on any atom is 0.323 e. The lowest BCUT2D eigenvalue weighted by Crippen LogP contribution is -2.52. The van der Waals surface area contributed by atoms with Crippen LogP contribution >= 0.6 is 0 Å². The molecule has 1 saturated heterocycles. The van der Waals surface area contributed by atoms with Crippen molar-refractivity contribution in [3.05, 3.63) is 60.7 Å². The van der Waals surface area contributed by atoms with Gasteiger partial charge in [-0.15, -0.1) is 0 Å². The second-order valence-corrected chi connectivity index (χ2v) is 26.8. The first kappa shape index (κ1) is 46.5. The number of para-hydroxylation sites is 2. The molecule has 1 aliphatic rings. The van der Waals surface area contributed by atoms with Crippen molar-refractivity contribution in [3.63, 3.8) is 0 Å². The number of nitrogens with zero attached hydrogens (tertiary/aromatic N) is 2. The molecule has 0 aliphatic carbocycles. The molecular formula is C36H71N6O4Si3+. The van der Waals surface area contributed by atoms with Crippen molar-refractivity contribution in [2.24, 2.45) is 0 Å². The highest BCUT2D eigenvalue weighted by molar-refractivity contribution is 6.87. The molecule has 280 valence electrons. The lowest BCUT2D eigenvalue weighted by molar-refractivity contribution is -0.793. The Labute approximate surface area is 302 Å². The Bertz CT molecular complexity index is 1240. The van der Waals surface area contributed by atoms with E-state index >= 15 is 0 Å². The molecule has 4 amide bonds. The van der Waals surface area contributed by atoms with Crippen molar-refractivity contribution in [2.45, 2.75) is 99.6 Å². The summed E-state index contributed by atoms with van der Waals surface area (Å²) in [6.07, 6.45) is 2.11. The van der Waals surface area contributed by atoms with E-state index in [4.69, 9.17) is 8.23 Å². The van der Waals surface area contributed by atoms with E-state index in [9.17, 15) is 9.59 Å². The van der Waals surface area contributed by atoms with Crippen molar-refractivity contribution in [3.8, 4) is 0 Å². The van der Waals surface area contributed by atoms with Crippen LogP contribution in [0.1, 0.15) is 42.0 Å². The first-order valence-electron chi connectivity index (χ1n) is 16.8. The van der Waals surface area contributed by atoms with Gasteiger partial charge in [-0.1, -0.05) is 65.6 Å². The lowest BCUT2D eigenvalue weighted by Gasteiger charge is -2.39. The summed E-state index contributed by atoms with van der Waals surface area (Å²) in [4.78, 5) is 27.4. The van der Waals surface area contributed by atoms with Gasteiger partial charge in [0.1, 0.15) is 0 Å². The minimum Gasteiger partial charge on any atom is -0.437 e. The van der Waals surface area contributed by atoms with E-state index in [-0.39, 0.29) is 40.5 Å². The van der Waals surface area contributed by atoms with Crippen LogP contribution < -0.4 is 21.3 Å². The van der Waals surface area contributed by atoms with E-state index in [1.807, 2.05) is 65.6 Å². The van der Waals surface area contributed by atoms with E-state index in [0.717, 1.165) is 67.0 Å². The number of quaternary nitrogens is 1. The molecule has 2 unspecified atom stereocenters. The summed E-state index contributed by atoms with van der Waals surface area (Å²) in [6.45, 7) is 20.6. The average molecular weight is 736 g/mol. The van der Waals surface area contributed by atoms with Crippen LogP contribution in [0.3, 0.4) is 0 Å². The van der Waals surface area contributed by atoms with Gasteiger partial charge in [-0.2, -0.15) is 0 Å². The van der Waals surface area contributed by atoms with E-state index in [0.29, 0.717) is 13.1 Å². The Morgan fingerprint density at radius 3 is 1.84 bits per heavy atom. The van der Waals surface area contributed by atoms with Crippen LogP contribution in [0.15, 0.2) is 60.7 Å². The molecule has 3 rings (SSSR count). The van der Waals surface area contributed by atoms with Gasteiger partial charge < -0.3 is 29.1 Å². The summed E-state index contributed by atoms with van der Waals surface area (Å²) in [5, 5.41) is 12.4. The summed E-state index contributed by atoms with van der Waals surface area (Å²) in [7, 11) is -4.11. The fourth-order valence-corrected chi connectivity index (χ4v) is 20.1. The van der Waals surface area contributed by atoms with Gasteiger partial charge in [0.25, 0.3) is 0 Å². The number of hydrogen-bond acceptors (Lipinski definition) is 5. The Morgan fingerprint density at radius 1 is 0.796 bits per heavy atom. The second-order valence-electron chi connectivity index (χ2n) is 14.3. The Morgan fingerprint density at radius 2 is 1.31 bits per heavy atom. The average Bonchev–Trinajstić information content (AvgIpc) is 3.59. The quantitative estimate of drug-likeness (QED) is 0.0501. The van der Waals surface area contributed by atoms with Gasteiger partial charge in [0.15, 0.2) is 23.2 Å². The monoisotopic (exact) mass is 735 g/mol. The van der Waals surface area contributed by atoms with Crippen molar-refractivity contribution < 1.29 is 22.3 Å². The van der Waals surface area contributed by atoms with Gasteiger partial charge in [-0.3, -0.25) is 9.80 Å². The van der Waals surface area contributed by atoms with Crippen LogP contribution in [0.25, 0.3) is 0 Å². The largest absolute Gasteiger partial charge is 0.437 e. The highest BCUT2D eigenvalue weighted by Gasteiger charge is 2.52. The number of hydrogen-bond donors (Lipinski definition) is 4. The second kappa shape index (κ2) is 21.0. The third-order valence-corrected chi connectivity index (χ3v) is 19.8. The maximum absolute atomic E-state index is 13.1. The molecule has 0 spiro atoms. The SMILES string of the molecule is C.C.C.CCNCCN(CCC[Si](C)(C)O[Si](C)(C)O[Si](C)(C)CCC[N+]1(C)CC1NC(=O)Nc1ccccc1)C(=O)Nc1ccccc1. The first-order chi connectivity index (χ1) is 21.6. The summed E-state index contributed by atoms with van der Waals surface area (Å²) in [6, 6.07) is 21.0. The molecule has 0 saturated carbocycles. The minimum absolute atomic E-state index is 0. The van der Waals surface area contributed by atoms with Crippen LogP contribution in [0.4, 0.5) is 21.0 Å². The number of benzene rings is 2. The van der Waals surface area contributed by atoms with E-state index < -0.39 is 25.2 Å². The first-order valence-corrected chi connectivity index (χ1v) is 25.9. The Kier molecular flexibility index (Phi) is 19.9. The molecule has 49 heavy (non-hydrogen) atoms. The van der Waals surface area contributed by atoms with E-state index in [1.54, 1.807) is 0 Å². The fourth-order valence-electron chi connectivity index (χ4n) is 6.08. The summed E-state index contributed by atoms with van der Waals surface area (Å²) < 4.78 is 14.6. The number of rotatable bonds is 19. The smallest absolute Gasteiger partial charge is 0.323 e. The van der Waals surface area contributed by atoms with Crippen LogP contribution in [0.5, 0.6) is 0 Å². The van der Waals surface area contributed by atoms with Gasteiger partial charge in [-0.25, -0.2) is 9.59 Å². The highest BCUT2D eigenvalue weighted by atomic mass is 28.5. The van der Waals surface area contributed by atoms with Gasteiger partial charge >= 0.3 is 20.6 Å². The summed E-state index contributed by atoms with van der Waals surface area (Å²) >= 11 is 0. The molecule has 0 aromatic heterocycles. The third kappa shape index (κ3) is 17.3. The molecule has 2 aromatic rings. The predicted molar refractivity (Wildman–Crippen MR) is 218 cm³/mol. The van der Waals surface area contributed by atoms with Gasteiger partial charge in [0, 0.05) is 31.0 Å².